The number of nitrogens with zero attached hydrogens (tertiary/aromatic N) is 2. The van der Waals surface area contributed by atoms with Crippen molar-refractivity contribution in [2.75, 3.05) is 36.2 Å². The molecule has 0 amide bonds. The third-order valence-corrected chi connectivity index (χ3v) is 13.6. The molecular formula is C70H84N2O4. The Morgan fingerprint density at radius 3 is 0.618 bits per heavy atom. The predicted octanol–water partition coefficient (Wildman–Crippen LogP) is 20.8. The van der Waals surface area contributed by atoms with E-state index in [0.717, 1.165) is 131 Å². The van der Waals surface area contributed by atoms with Crippen LogP contribution in [0.2, 0.25) is 0 Å². The minimum atomic E-state index is 0.745. The van der Waals surface area contributed by atoms with E-state index >= 15 is 0 Å². The zero-order valence-electron chi connectivity index (χ0n) is 46.1. The molecule has 6 nitrogen and oxygen atoms in total. The minimum Gasteiger partial charge on any atom is -0.494 e. The zero-order chi connectivity index (χ0) is 52.8. The molecule has 7 aromatic carbocycles. The molecule has 0 saturated carbocycles. The van der Waals surface area contributed by atoms with Crippen LogP contribution in [0.25, 0.3) is 24.3 Å². The Bertz CT molecular complexity index is 2400. The van der Waals surface area contributed by atoms with Crippen LogP contribution in [0.5, 0.6) is 23.0 Å². The minimum absolute atomic E-state index is 0.745. The first-order valence-corrected chi connectivity index (χ1v) is 28.7. The zero-order valence-corrected chi connectivity index (χ0v) is 46.1. The van der Waals surface area contributed by atoms with Gasteiger partial charge in [0.15, 0.2) is 0 Å². The van der Waals surface area contributed by atoms with Crippen molar-refractivity contribution in [3.63, 3.8) is 0 Å². The Morgan fingerprint density at radius 1 is 0.237 bits per heavy atom. The lowest BCUT2D eigenvalue weighted by Crippen LogP contribution is -2.10. The van der Waals surface area contributed by atoms with Crippen molar-refractivity contribution >= 4 is 58.4 Å². The van der Waals surface area contributed by atoms with E-state index in [9.17, 15) is 0 Å². The number of rotatable bonds is 34. The summed E-state index contributed by atoms with van der Waals surface area (Å²) in [5, 5.41) is 0. The first kappa shape index (κ1) is 56.5. The van der Waals surface area contributed by atoms with Gasteiger partial charge in [0.05, 0.1) is 26.4 Å². The molecule has 0 radical (unpaired) electrons. The first-order valence-electron chi connectivity index (χ1n) is 28.7. The standard InChI is InChI=1S/C70H84N2O4/c1-5-9-13-17-53-73-67-45-37-63(38-46-67)71(64-39-47-68(48-40-64)74-54-18-14-10-6-2)61-33-29-59(30-34-61)27-25-57-21-23-58(24-22-57)26-28-60-31-35-62(36-32-60)72(65-41-49-69(50-42-65)75-55-19-15-11-7-3)66-43-51-70(52-44-66)76-56-20-16-12-8-4/h21-52H,5-20,53-56H2,1-4H3/b27-25+,28-26+. The van der Waals surface area contributed by atoms with Gasteiger partial charge in [-0.3, -0.25) is 0 Å². The van der Waals surface area contributed by atoms with Gasteiger partial charge in [0.1, 0.15) is 23.0 Å². The summed E-state index contributed by atoms with van der Waals surface area (Å²) in [6.45, 7) is 11.9. The van der Waals surface area contributed by atoms with Crippen molar-refractivity contribution in [1.82, 2.24) is 0 Å². The molecule has 0 aliphatic heterocycles. The number of hydrogen-bond donors (Lipinski definition) is 0. The van der Waals surface area contributed by atoms with Crippen LogP contribution < -0.4 is 28.7 Å². The molecule has 0 saturated heterocycles. The number of ether oxygens (including phenoxy) is 4. The van der Waals surface area contributed by atoms with Crippen molar-refractivity contribution < 1.29 is 18.9 Å². The highest BCUT2D eigenvalue weighted by Crippen LogP contribution is 2.38. The molecule has 0 fully saturated rings. The molecular weight excluding hydrogens is 933 g/mol. The van der Waals surface area contributed by atoms with E-state index in [-0.39, 0.29) is 0 Å². The van der Waals surface area contributed by atoms with Crippen LogP contribution in [0.3, 0.4) is 0 Å². The second kappa shape index (κ2) is 32.3. The van der Waals surface area contributed by atoms with E-state index in [1.54, 1.807) is 0 Å². The summed E-state index contributed by atoms with van der Waals surface area (Å²) in [4.78, 5) is 4.58. The molecule has 0 atom stereocenters. The van der Waals surface area contributed by atoms with Crippen molar-refractivity contribution in [3.8, 4) is 23.0 Å². The normalized spacial score (nSPS) is 11.3. The summed E-state index contributed by atoms with van der Waals surface area (Å²) in [5.41, 5.74) is 11.0. The fourth-order valence-electron chi connectivity index (χ4n) is 9.11. The maximum absolute atomic E-state index is 6.10. The third kappa shape index (κ3) is 18.6. The molecule has 0 spiro atoms. The smallest absolute Gasteiger partial charge is 0.119 e. The van der Waals surface area contributed by atoms with E-state index in [4.69, 9.17) is 18.9 Å². The highest BCUT2D eigenvalue weighted by molar-refractivity contribution is 5.80. The first-order chi connectivity index (χ1) is 37.5. The van der Waals surface area contributed by atoms with Crippen LogP contribution in [-0.2, 0) is 0 Å². The van der Waals surface area contributed by atoms with E-state index in [1.165, 1.54) is 77.0 Å². The topological polar surface area (TPSA) is 43.4 Å². The number of hydrogen-bond acceptors (Lipinski definition) is 6. The molecule has 0 heterocycles. The molecule has 7 rings (SSSR count). The van der Waals surface area contributed by atoms with Gasteiger partial charge in [-0.05, 0) is 169 Å². The van der Waals surface area contributed by atoms with E-state index in [1.807, 2.05) is 0 Å². The van der Waals surface area contributed by atoms with Crippen LogP contribution in [0.15, 0.2) is 170 Å². The lowest BCUT2D eigenvalue weighted by molar-refractivity contribution is 0.305. The third-order valence-electron chi connectivity index (χ3n) is 13.6. The Hall–Kier alpha value is -7.18. The second-order valence-electron chi connectivity index (χ2n) is 19.8. The Morgan fingerprint density at radius 2 is 0.421 bits per heavy atom. The van der Waals surface area contributed by atoms with E-state index in [2.05, 4.69) is 232 Å². The molecule has 0 unspecified atom stereocenters. The average molecular weight is 1020 g/mol. The predicted molar refractivity (Wildman–Crippen MR) is 325 cm³/mol. The molecule has 6 heteroatoms. The second-order valence-corrected chi connectivity index (χ2v) is 19.8. The van der Waals surface area contributed by atoms with E-state index < -0.39 is 0 Å². The molecule has 7 aromatic rings. The monoisotopic (exact) mass is 1020 g/mol. The van der Waals surface area contributed by atoms with Crippen LogP contribution in [-0.4, -0.2) is 26.4 Å². The summed E-state index contributed by atoms with van der Waals surface area (Å²) in [6.07, 6.45) is 27.7. The van der Waals surface area contributed by atoms with Gasteiger partial charge in [-0.15, -0.1) is 0 Å². The largest absolute Gasteiger partial charge is 0.494 e. The maximum Gasteiger partial charge on any atom is 0.119 e. The van der Waals surface area contributed by atoms with Gasteiger partial charge >= 0.3 is 0 Å². The van der Waals surface area contributed by atoms with Crippen LogP contribution in [0.1, 0.15) is 153 Å². The van der Waals surface area contributed by atoms with E-state index in [0.29, 0.717) is 0 Å². The number of benzene rings is 7. The lowest BCUT2D eigenvalue weighted by Gasteiger charge is -2.26. The summed E-state index contributed by atoms with van der Waals surface area (Å²) in [5.74, 6) is 3.61. The quantitative estimate of drug-likeness (QED) is 0.0296. The molecule has 0 aliphatic rings. The van der Waals surface area contributed by atoms with Crippen molar-refractivity contribution in [1.29, 1.82) is 0 Å². The van der Waals surface area contributed by atoms with Gasteiger partial charge in [0.25, 0.3) is 0 Å². The number of unbranched alkanes of at least 4 members (excludes halogenated alkanes) is 12. The molecule has 398 valence electrons. The lowest BCUT2D eigenvalue weighted by atomic mass is 10.1. The Labute approximate surface area is 457 Å². The van der Waals surface area contributed by atoms with Gasteiger partial charge in [-0.25, -0.2) is 0 Å². The van der Waals surface area contributed by atoms with Crippen molar-refractivity contribution in [2.24, 2.45) is 0 Å². The molecule has 0 N–H and O–H groups in total. The molecule has 0 aromatic heterocycles. The summed E-state index contributed by atoms with van der Waals surface area (Å²) in [7, 11) is 0. The SMILES string of the molecule is CCCCCCOc1ccc(N(c2ccc(/C=C/c3ccc(/C=C/c4ccc(N(c5ccc(OCCCCCC)cc5)c5ccc(OCCCCCC)cc5)cc4)cc3)cc2)c2ccc(OCCCCCC)cc2)cc1. The number of anilines is 6. The molecule has 0 bridgehead atoms. The van der Waals surface area contributed by atoms with Gasteiger partial charge in [-0.1, -0.05) is 178 Å². The van der Waals surface area contributed by atoms with Crippen LogP contribution >= 0.6 is 0 Å². The van der Waals surface area contributed by atoms with Crippen molar-refractivity contribution in [3.05, 3.63) is 192 Å². The summed E-state index contributed by atoms with van der Waals surface area (Å²) >= 11 is 0. The average Bonchev–Trinajstić information content (AvgIpc) is 3.46. The van der Waals surface area contributed by atoms with Gasteiger partial charge in [0.2, 0.25) is 0 Å². The Kier molecular flexibility index (Phi) is 24.0. The van der Waals surface area contributed by atoms with Crippen molar-refractivity contribution in [2.45, 2.75) is 130 Å². The summed E-state index contributed by atoms with van der Waals surface area (Å²) in [6, 6.07) is 60.1. The molecule has 0 aliphatic carbocycles. The highest BCUT2D eigenvalue weighted by Gasteiger charge is 2.15. The van der Waals surface area contributed by atoms with Crippen LogP contribution in [0, 0.1) is 0 Å². The van der Waals surface area contributed by atoms with Gasteiger partial charge < -0.3 is 28.7 Å². The van der Waals surface area contributed by atoms with Gasteiger partial charge in [0, 0.05) is 34.1 Å². The summed E-state index contributed by atoms with van der Waals surface area (Å²) < 4.78 is 24.4. The fraction of sp³-hybridized carbons (Fsp3) is 0.343. The van der Waals surface area contributed by atoms with Gasteiger partial charge in [-0.2, -0.15) is 0 Å². The molecule has 76 heavy (non-hydrogen) atoms. The maximum atomic E-state index is 6.10. The van der Waals surface area contributed by atoms with Crippen LogP contribution in [0.4, 0.5) is 34.1 Å². The fourth-order valence-corrected chi connectivity index (χ4v) is 9.11. The Balaban J connectivity index is 0.992. The highest BCUT2D eigenvalue weighted by atomic mass is 16.5.